The molecule has 0 saturated heterocycles. The monoisotopic (exact) mass is 259 g/mol. The van der Waals surface area contributed by atoms with Crippen molar-refractivity contribution in [2.24, 2.45) is 13.0 Å². The van der Waals surface area contributed by atoms with Crippen molar-refractivity contribution >= 4 is 16.9 Å². The van der Waals surface area contributed by atoms with Gasteiger partial charge < -0.3 is 5.32 Å². The third-order valence-electron chi connectivity index (χ3n) is 4.29. The lowest BCUT2D eigenvalue weighted by Gasteiger charge is -2.31. The van der Waals surface area contributed by atoms with Crippen LogP contribution in [0.2, 0.25) is 0 Å². The lowest BCUT2D eigenvalue weighted by Crippen LogP contribution is -2.32. The van der Waals surface area contributed by atoms with Crippen LogP contribution in [0.3, 0.4) is 0 Å². The zero-order valence-corrected chi connectivity index (χ0v) is 11.6. The molecule has 102 valence electrons. The van der Waals surface area contributed by atoms with Crippen molar-refractivity contribution in [2.45, 2.75) is 45.1 Å². The molecule has 19 heavy (non-hydrogen) atoms. The van der Waals surface area contributed by atoms with Crippen LogP contribution in [0.15, 0.2) is 12.5 Å². The van der Waals surface area contributed by atoms with Crippen LogP contribution in [-0.4, -0.2) is 25.8 Å². The van der Waals surface area contributed by atoms with Crippen LogP contribution in [0.4, 0.5) is 5.82 Å². The second-order valence-corrected chi connectivity index (χ2v) is 5.43. The largest absolute Gasteiger partial charge is 0.366 e. The zero-order valence-electron chi connectivity index (χ0n) is 11.6. The first kappa shape index (κ1) is 12.4. The average molecular weight is 259 g/mol. The molecule has 0 aromatic carbocycles. The van der Waals surface area contributed by atoms with E-state index in [2.05, 4.69) is 27.3 Å². The van der Waals surface area contributed by atoms with E-state index in [0.29, 0.717) is 6.04 Å². The lowest BCUT2D eigenvalue weighted by molar-refractivity contribution is 0.317. The Morgan fingerprint density at radius 3 is 3.00 bits per heavy atom. The maximum absolute atomic E-state index is 4.41. The van der Waals surface area contributed by atoms with Crippen molar-refractivity contribution in [3.8, 4) is 0 Å². The third-order valence-corrected chi connectivity index (χ3v) is 4.29. The van der Waals surface area contributed by atoms with Gasteiger partial charge in [0.25, 0.3) is 0 Å². The first-order valence-electron chi connectivity index (χ1n) is 7.19. The molecule has 2 aromatic heterocycles. The van der Waals surface area contributed by atoms with Gasteiger partial charge in [0, 0.05) is 13.1 Å². The van der Waals surface area contributed by atoms with E-state index in [1.54, 1.807) is 11.0 Å². The predicted octanol–water partition coefficient (Wildman–Crippen LogP) is 2.74. The number of nitrogens with one attached hydrogen (secondary N) is 1. The summed E-state index contributed by atoms with van der Waals surface area (Å²) in [5.74, 6) is 1.69. The Morgan fingerprint density at radius 1 is 1.32 bits per heavy atom. The SMILES string of the molecule is CCC1CCCCC1Nc1ncnc2c1cnn2C. The molecule has 3 rings (SSSR count). The maximum Gasteiger partial charge on any atom is 0.163 e. The molecule has 1 aliphatic carbocycles. The number of anilines is 1. The molecular weight excluding hydrogens is 238 g/mol. The van der Waals surface area contributed by atoms with E-state index in [9.17, 15) is 0 Å². The second-order valence-electron chi connectivity index (χ2n) is 5.43. The number of aromatic nitrogens is 4. The van der Waals surface area contributed by atoms with Crippen molar-refractivity contribution in [1.82, 2.24) is 19.7 Å². The fourth-order valence-electron chi connectivity index (χ4n) is 3.14. The second kappa shape index (κ2) is 5.15. The molecule has 1 aliphatic rings. The smallest absolute Gasteiger partial charge is 0.163 e. The summed E-state index contributed by atoms with van der Waals surface area (Å²) in [6, 6.07) is 0.539. The van der Waals surface area contributed by atoms with Crippen molar-refractivity contribution in [1.29, 1.82) is 0 Å². The number of hydrogen-bond donors (Lipinski definition) is 1. The molecule has 2 heterocycles. The van der Waals surface area contributed by atoms with Gasteiger partial charge in [-0.3, -0.25) is 4.68 Å². The molecule has 1 fully saturated rings. The highest BCUT2D eigenvalue weighted by Gasteiger charge is 2.24. The molecule has 0 radical (unpaired) electrons. The van der Waals surface area contributed by atoms with Crippen molar-refractivity contribution in [3.05, 3.63) is 12.5 Å². The molecular formula is C14H21N5. The van der Waals surface area contributed by atoms with Crippen LogP contribution in [0.5, 0.6) is 0 Å². The van der Waals surface area contributed by atoms with Gasteiger partial charge in [-0.05, 0) is 18.8 Å². The maximum atomic E-state index is 4.41. The van der Waals surface area contributed by atoms with Crippen LogP contribution in [0.25, 0.3) is 11.0 Å². The first-order chi connectivity index (χ1) is 9.29. The van der Waals surface area contributed by atoms with Gasteiger partial charge in [-0.15, -0.1) is 0 Å². The Bertz CT molecular complexity index is 562. The quantitative estimate of drug-likeness (QED) is 0.920. The number of fused-ring (bicyclic) bond motifs is 1. The topological polar surface area (TPSA) is 55.6 Å². The zero-order chi connectivity index (χ0) is 13.2. The minimum Gasteiger partial charge on any atom is -0.366 e. The van der Waals surface area contributed by atoms with Crippen molar-refractivity contribution in [3.63, 3.8) is 0 Å². The summed E-state index contributed by atoms with van der Waals surface area (Å²) in [5.41, 5.74) is 0.890. The van der Waals surface area contributed by atoms with Crippen LogP contribution in [-0.2, 0) is 7.05 Å². The number of nitrogens with zero attached hydrogens (tertiary/aromatic N) is 4. The molecule has 1 N–H and O–H groups in total. The highest BCUT2D eigenvalue weighted by molar-refractivity contribution is 5.86. The normalized spacial score (nSPS) is 23.7. The van der Waals surface area contributed by atoms with Crippen molar-refractivity contribution in [2.75, 3.05) is 5.32 Å². The molecule has 5 heteroatoms. The van der Waals surface area contributed by atoms with Crippen molar-refractivity contribution < 1.29 is 0 Å². The summed E-state index contributed by atoms with van der Waals surface area (Å²) in [6.07, 6.45) is 9.95. The molecule has 1 saturated carbocycles. The minimum absolute atomic E-state index is 0.539. The van der Waals surface area contributed by atoms with Gasteiger partial charge in [-0.1, -0.05) is 26.2 Å². The number of hydrogen-bond acceptors (Lipinski definition) is 4. The van der Waals surface area contributed by atoms with E-state index in [0.717, 1.165) is 22.8 Å². The Kier molecular flexibility index (Phi) is 3.36. The van der Waals surface area contributed by atoms with Crippen LogP contribution >= 0.6 is 0 Å². The Balaban J connectivity index is 1.88. The van der Waals surface area contributed by atoms with E-state index in [-0.39, 0.29) is 0 Å². The van der Waals surface area contributed by atoms with Crippen LogP contribution < -0.4 is 5.32 Å². The minimum atomic E-state index is 0.539. The molecule has 0 amide bonds. The Labute approximate surface area is 113 Å². The third kappa shape index (κ3) is 2.29. The van der Waals surface area contributed by atoms with Crippen LogP contribution in [0.1, 0.15) is 39.0 Å². The van der Waals surface area contributed by atoms with E-state index in [1.165, 1.54) is 32.1 Å². The fourth-order valence-corrected chi connectivity index (χ4v) is 3.14. The lowest BCUT2D eigenvalue weighted by atomic mass is 9.83. The van der Waals surface area contributed by atoms with Gasteiger partial charge in [0.2, 0.25) is 0 Å². The summed E-state index contributed by atoms with van der Waals surface area (Å²) < 4.78 is 1.79. The molecule has 0 bridgehead atoms. The van der Waals surface area contributed by atoms with Crippen LogP contribution in [0, 0.1) is 5.92 Å². The number of rotatable bonds is 3. The molecule has 2 aromatic rings. The van der Waals surface area contributed by atoms with E-state index < -0.39 is 0 Å². The molecule has 5 nitrogen and oxygen atoms in total. The highest BCUT2D eigenvalue weighted by Crippen LogP contribution is 2.30. The van der Waals surface area contributed by atoms with Gasteiger partial charge in [-0.2, -0.15) is 5.10 Å². The summed E-state index contributed by atoms with van der Waals surface area (Å²) >= 11 is 0. The summed E-state index contributed by atoms with van der Waals surface area (Å²) in [7, 11) is 1.91. The number of aryl methyl sites for hydroxylation is 1. The molecule has 2 unspecified atom stereocenters. The van der Waals surface area contributed by atoms with Gasteiger partial charge in [0.05, 0.1) is 11.6 Å². The molecule has 0 aliphatic heterocycles. The molecule has 2 atom stereocenters. The standard InChI is InChI=1S/C14H21N5/c1-3-10-6-4-5-7-12(10)18-13-11-8-17-19(2)14(11)16-9-15-13/h8-10,12H,3-7H2,1-2H3,(H,15,16,18). The average Bonchev–Trinajstić information content (AvgIpc) is 2.82. The van der Waals surface area contributed by atoms with E-state index >= 15 is 0 Å². The van der Waals surface area contributed by atoms with E-state index in [1.807, 2.05) is 13.2 Å². The van der Waals surface area contributed by atoms with Gasteiger partial charge in [-0.25, -0.2) is 9.97 Å². The highest BCUT2D eigenvalue weighted by atomic mass is 15.3. The first-order valence-corrected chi connectivity index (χ1v) is 7.19. The Hall–Kier alpha value is -1.65. The summed E-state index contributed by atoms with van der Waals surface area (Å²) in [6.45, 7) is 2.28. The van der Waals surface area contributed by atoms with Gasteiger partial charge in [0.15, 0.2) is 5.65 Å². The van der Waals surface area contributed by atoms with Gasteiger partial charge in [0.1, 0.15) is 12.1 Å². The molecule has 0 spiro atoms. The summed E-state index contributed by atoms with van der Waals surface area (Å²) in [4.78, 5) is 8.69. The van der Waals surface area contributed by atoms with E-state index in [4.69, 9.17) is 0 Å². The predicted molar refractivity (Wildman–Crippen MR) is 76.0 cm³/mol. The Morgan fingerprint density at radius 2 is 2.16 bits per heavy atom. The fraction of sp³-hybridized carbons (Fsp3) is 0.643. The van der Waals surface area contributed by atoms with Gasteiger partial charge >= 0.3 is 0 Å². The summed E-state index contributed by atoms with van der Waals surface area (Å²) in [5, 5.41) is 8.92.